The minimum atomic E-state index is -0.803. The summed E-state index contributed by atoms with van der Waals surface area (Å²) in [5.41, 5.74) is 0.436. The zero-order chi connectivity index (χ0) is 12.5. The molecule has 1 fully saturated rings. The van der Waals surface area contributed by atoms with Crippen LogP contribution < -0.4 is 0 Å². The lowest BCUT2D eigenvalue weighted by Crippen LogP contribution is -2.28. The average Bonchev–Trinajstić information content (AvgIpc) is 2.64. The van der Waals surface area contributed by atoms with Gasteiger partial charge >= 0.3 is 0 Å². The molecule has 0 spiro atoms. The molecule has 0 aromatic carbocycles. The van der Waals surface area contributed by atoms with Gasteiger partial charge in [-0.2, -0.15) is 5.10 Å². The lowest BCUT2D eigenvalue weighted by molar-refractivity contribution is 0.247. The summed E-state index contributed by atoms with van der Waals surface area (Å²) >= 11 is 0. The number of aryl methyl sites for hydroxylation is 1. The van der Waals surface area contributed by atoms with Gasteiger partial charge < -0.3 is 0 Å². The van der Waals surface area contributed by atoms with Gasteiger partial charge in [-0.3, -0.25) is 8.89 Å². The number of hydrogen-bond donors (Lipinski definition) is 0. The van der Waals surface area contributed by atoms with E-state index in [1.807, 2.05) is 7.05 Å². The molecule has 0 radical (unpaired) electrons. The quantitative estimate of drug-likeness (QED) is 0.830. The van der Waals surface area contributed by atoms with E-state index in [2.05, 4.69) is 23.9 Å². The van der Waals surface area contributed by atoms with E-state index in [1.165, 1.54) is 19.2 Å². The van der Waals surface area contributed by atoms with Crippen molar-refractivity contribution in [2.45, 2.75) is 50.5 Å². The molecule has 0 amide bonds. The van der Waals surface area contributed by atoms with E-state index < -0.39 is 10.8 Å². The smallest absolute Gasteiger partial charge is 0.139 e. The average molecular weight is 255 g/mol. The maximum Gasteiger partial charge on any atom is 0.139 e. The standard InChI is InChI=1S/C12H21N3OS/c1-12(2)6-4-10(5-7-12)17(16)8-11-13-9-14-15(11)3/h9-10H,4-8H2,1-3H3/t17-/m0/s1. The van der Waals surface area contributed by atoms with E-state index >= 15 is 0 Å². The second kappa shape index (κ2) is 4.88. The first-order valence-electron chi connectivity index (χ1n) is 6.18. The highest BCUT2D eigenvalue weighted by atomic mass is 32.2. The van der Waals surface area contributed by atoms with Crippen LogP contribution in [0.1, 0.15) is 45.4 Å². The van der Waals surface area contributed by atoms with Crippen LogP contribution in [0.5, 0.6) is 0 Å². The van der Waals surface area contributed by atoms with Gasteiger partial charge in [-0.25, -0.2) is 4.98 Å². The van der Waals surface area contributed by atoms with Crippen LogP contribution in [0.15, 0.2) is 6.33 Å². The second-order valence-electron chi connectivity index (χ2n) is 5.69. The molecular weight excluding hydrogens is 234 g/mol. The highest BCUT2D eigenvalue weighted by Gasteiger charge is 2.30. The van der Waals surface area contributed by atoms with Crippen LogP contribution in [0.4, 0.5) is 0 Å². The molecule has 1 aromatic heterocycles. The molecule has 2 rings (SSSR count). The first-order valence-corrected chi connectivity index (χ1v) is 7.56. The van der Waals surface area contributed by atoms with Gasteiger partial charge in [0, 0.05) is 23.1 Å². The summed E-state index contributed by atoms with van der Waals surface area (Å²) in [4.78, 5) is 4.14. The zero-order valence-electron chi connectivity index (χ0n) is 10.8. The Bertz CT molecular complexity index is 404. The Balaban J connectivity index is 1.92. The molecule has 5 heteroatoms. The van der Waals surface area contributed by atoms with Crippen molar-refractivity contribution in [2.75, 3.05) is 0 Å². The van der Waals surface area contributed by atoms with Gasteiger partial charge in [0.25, 0.3) is 0 Å². The van der Waals surface area contributed by atoms with Crippen LogP contribution in [0.25, 0.3) is 0 Å². The predicted octanol–water partition coefficient (Wildman–Crippen LogP) is 2.03. The van der Waals surface area contributed by atoms with Crippen LogP contribution in [-0.4, -0.2) is 24.2 Å². The van der Waals surface area contributed by atoms with Crippen molar-refractivity contribution in [1.82, 2.24) is 14.8 Å². The first kappa shape index (κ1) is 12.7. The Morgan fingerprint density at radius 1 is 1.47 bits per heavy atom. The van der Waals surface area contributed by atoms with Crippen molar-refractivity contribution in [1.29, 1.82) is 0 Å². The van der Waals surface area contributed by atoms with Gasteiger partial charge in [0.05, 0.1) is 5.75 Å². The van der Waals surface area contributed by atoms with E-state index in [1.54, 1.807) is 4.68 Å². The summed E-state index contributed by atoms with van der Waals surface area (Å²) in [6, 6.07) is 0. The topological polar surface area (TPSA) is 47.8 Å². The Hall–Kier alpha value is -0.710. The number of rotatable bonds is 3. The molecule has 17 heavy (non-hydrogen) atoms. The van der Waals surface area contributed by atoms with E-state index in [-0.39, 0.29) is 0 Å². The number of aromatic nitrogens is 3. The molecule has 1 aliphatic carbocycles. The van der Waals surface area contributed by atoms with E-state index in [4.69, 9.17) is 0 Å². The maximum absolute atomic E-state index is 12.3. The molecule has 1 saturated carbocycles. The summed E-state index contributed by atoms with van der Waals surface area (Å²) in [5.74, 6) is 1.37. The van der Waals surface area contributed by atoms with Crippen molar-refractivity contribution in [2.24, 2.45) is 12.5 Å². The Labute approximate surface area is 105 Å². The van der Waals surface area contributed by atoms with Crippen molar-refractivity contribution < 1.29 is 4.21 Å². The predicted molar refractivity (Wildman–Crippen MR) is 68.9 cm³/mol. The Morgan fingerprint density at radius 2 is 2.12 bits per heavy atom. The van der Waals surface area contributed by atoms with Gasteiger partial charge in [-0.05, 0) is 31.1 Å². The molecule has 96 valence electrons. The van der Waals surface area contributed by atoms with Gasteiger partial charge in [-0.15, -0.1) is 0 Å². The highest BCUT2D eigenvalue weighted by molar-refractivity contribution is 7.84. The Morgan fingerprint density at radius 3 is 2.65 bits per heavy atom. The van der Waals surface area contributed by atoms with Gasteiger partial charge in [-0.1, -0.05) is 13.8 Å². The fraction of sp³-hybridized carbons (Fsp3) is 0.833. The molecule has 4 nitrogen and oxygen atoms in total. The first-order chi connectivity index (χ1) is 7.98. The van der Waals surface area contributed by atoms with E-state index in [0.717, 1.165) is 18.7 Å². The zero-order valence-corrected chi connectivity index (χ0v) is 11.7. The molecule has 0 saturated heterocycles. The van der Waals surface area contributed by atoms with Crippen LogP contribution in [-0.2, 0) is 23.6 Å². The molecule has 0 bridgehead atoms. The summed E-state index contributed by atoms with van der Waals surface area (Å²) in [6.45, 7) is 4.60. The van der Waals surface area contributed by atoms with Gasteiger partial charge in [0.2, 0.25) is 0 Å². The van der Waals surface area contributed by atoms with Crippen LogP contribution in [0.2, 0.25) is 0 Å². The molecule has 1 aliphatic rings. The van der Waals surface area contributed by atoms with Gasteiger partial charge in [0.1, 0.15) is 12.2 Å². The summed E-state index contributed by atoms with van der Waals surface area (Å²) < 4.78 is 14.0. The fourth-order valence-electron chi connectivity index (χ4n) is 2.33. The molecule has 1 atom stereocenters. The highest BCUT2D eigenvalue weighted by Crippen LogP contribution is 2.37. The lowest BCUT2D eigenvalue weighted by Gasteiger charge is -2.33. The summed E-state index contributed by atoms with van der Waals surface area (Å²) in [5, 5.41) is 4.36. The van der Waals surface area contributed by atoms with E-state index in [0.29, 0.717) is 16.4 Å². The third-order valence-electron chi connectivity index (χ3n) is 3.73. The Kier molecular flexibility index (Phi) is 3.66. The maximum atomic E-state index is 12.3. The number of hydrogen-bond acceptors (Lipinski definition) is 3. The van der Waals surface area contributed by atoms with Gasteiger partial charge in [0.15, 0.2) is 0 Å². The summed E-state index contributed by atoms with van der Waals surface area (Å²) in [7, 11) is 1.05. The monoisotopic (exact) mass is 255 g/mol. The minimum Gasteiger partial charge on any atom is -0.259 e. The molecule has 0 N–H and O–H groups in total. The second-order valence-corrected chi connectivity index (χ2v) is 7.41. The fourth-order valence-corrected chi connectivity index (χ4v) is 3.84. The van der Waals surface area contributed by atoms with Crippen molar-refractivity contribution in [3.63, 3.8) is 0 Å². The van der Waals surface area contributed by atoms with Crippen LogP contribution in [0, 0.1) is 5.41 Å². The largest absolute Gasteiger partial charge is 0.259 e. The SMILES string of the molecule is Cn1ncnc1C[S@](=O)C1CCC(C)(C)CC1. The lowest BCUT2D eigenvalue weighted by atomic mass is 9.77. The molecular formula is C12H21N3OS. The normalized spacial score (nSPS) is 22.5. The van der Waals surface area contributed by atoms with Crippen LogP contribution in [0.3, 0.4) is 0 Å². The minimum absolute atomic E-state index is 0.347. The third-order valence-corrected chi connectivity index (χ3v) is 5.49. The van der Waals surface area contributed by atoms with Crippen molar-refractivity contribution >= 4 is 10.8 Å². The van der Waals surface area contributed by atoms with Crippen molar-refractivity contribution in [3.8, 4) is 0 Å². The molecule has 1 aromatic rings. The van der Waals surface area contributed by atoms with Crippen LogP contribution >= 0.6 is 0 Å². The van der Waals surface area contributed by atoms with Crippen molar-refractivity contribution in [3.05, 3.63) is 12.2 Å². The van der Waals surface area contributed by atoms with E-state index in [9.17, 15) is 4.21 Å². The summed E-state index contributed by atoms with van der Waals surface area (Å²) in [6.07, 6.45) is 6.05. The molecule has 1 heterocycles. The third kappa shape index (κ3) is 3.15. The molecule has 0 aliphatic heterocycles. The molecule has 0 unspecified atom stereocenters. The number of nitrogens with zero attached hydrogens (tertiary/aromatic N) is 3.